The molecular formula is C28H34Cl2N2O. The normalized spacial score (nSPS) is 22.8. The number of carbonyl (C=O) groups is 1. The minimum Gasteiger partial charge on any atom is -0.308 e. The average molecular weight is 485 g/mol. The molecule has 5 heteroatoms. The van der Waals surface area contributed by atoms with Crippen LogP contribution in [0.5, 0.6) is 0 Å². The number of likely N-dealkylation sites (tertiary alicyclic amines) is 1. The summed E-state index contributed by atoms with van der Waals surface area (Å²) >= 11 is 12.8. The van der Waals surface area contributed by atoms with Crippen molar-refractivity contribution in [2.45, 2.75) is 69.7 Å². The lowest BCUT2D eigenvalue weighted by Gasteiger charge is -2.43. The summed E-state index contributed by atoms with van der Waals surface area (Å²) in [6.45, 7) is 3.04. The fourth-order valence-electron chi connectivity index (χ4n) is 6.18. The highest BCUT2D eigenvalue weighted by molar-refractivity contribution is 6.42. The molecule has 5 rings (SSSR count). The van der Waals surface area contributed by atoms with Crippen LogP contribution in [0.15, 0.2) is 42.5 Å². The lowest BCUT2D eigenvalue weighted by atomic mass is 9.85. The van der Waals surface area contributed by atoms with Crippen molar-refractivity contribution in [3.63, 3.8) is 0 Å². The van der Waals surface area contributed by atoms with Crippen LogP contribution in [0.3, 0.4) is 0 Å². The summed E-state index contributed by atoms with van der Waals surface area (Å²) < 4.78 is 0. The Morgan fingerprint density at radius 1 is 0.879 bits per heavy atom. The van der Waals surface area contributed by atoms with Crippen LogP contribution < -0.4 is 4.90 Å². The maximum absolute atomic E-state index is 13.8. The second-order valence-corrected chi connectivity index (χ2v) is 10.9. The lowest BCUT2D eigenvalue weighted by Crippen LogP contribution is -2.52. The molecule has 0 spiro atoms. The van der Waals surface area contributed by atoms with Crippen LogP contribution in [-0.2, 0) is 11.2 Å². The number of amides is 1. The number of aryl methyl sites for hydroxylation is 1. The van der Waals surface area contributed by atoms with Gasteiger partial charge in [-0.3, -0.25) is 4.79 Å². The van der Waals surface area contributed by atoms with Gasteiger partial charge in [0.2, 0.25) is 5.91 Å². The second kappa shape index (κ2) is 10.4. The fraction of sp³-hybridized carbons (Fsp3) is 0.536. The molecule has 3 nitrogen and oxygen atoms in total. The Labute approximate surface area is 208 Å². The van der Waals surface area contributed by atoms with Gasteiger partial charge in [-0.1, -0.05) is 72.8 Å². The number of anilines is 1. The van der Waals surface area contributed by atoms with E-state index in [1.807, 2.05) is 12.1 Å². The number of fused-ring (bicyclic) bond motifs is 1. The van der Waals surface area contributed by atoms with E-state index in [1.54, 1.807) is 0 Å². The SMILES string of the molecule is O=C(C1CCCCC1)N1c2ccccc2CCC1CN1CCC(c2cccc(Cl)c2Cl)CC1. The molecular weight excluding hydrogens is 451 g/mol. The number of halogens is 2. The van der Waals surface area contributed by atoms with Crippen LogP contribution >= 0.6 is 23.2 Å². The van der Waals surface area contributed by atoms with Gasteiger partial charge in [0.25, 0.3) is 0 Å². The fourth-order valence-corrected chi connectivity index (χ4v) is 6.65. The van der Waals surface area contributed by atoms with Gasteiger partial charge < -0.3 is 9.80 Å². The molecule has 1 aliphatic carbocycles. The van der Waals surface area contributed by atoms with E-state index in [0.717, 1.165) is 63.8 Å². The first kappa shape index (κ1) is 23.2. The quantitative estimate of drug-likeness (QED) is 0.461. The molecule has 2 heterocycles. The Bertz CT molecular complexity index is 980. The Morgan fingerprint density at radius 3 is 2.42 bits per heavy atom. The third-order valence-electron chi connectivity index (χ3n) is 8.03. The molecule has 0 aromatic heterocycles. The summed E-state index contributed by atoms with van der Waals surface area (Å²) in [5.74, 6) is 1.02. The molecule has 1 atom stereocenters. The third kappa shape index (κ3) is 4.97. The average Bonchev–Trinajstić information content (AvgIpc) is 2.86. The van der Waals surface area contributed by atoms with E-state index in [-0.39, 0.29) is 12.0 Å². The van der Waals surface area contributed by atoms with Crippen molar-refractivity contribution >= 4 is 34.8 Å². The molecule has 2 aromatic carbocycles. The van der Waals surface area contributed by atoms with Crippen LogP contribution in [0.4, 0.5) is 5.69 Å². The Morgan fingerprint density at radius 2 is 1.64 bits per heavy atom. The Balaban J connectivity index is 1.29. The number of piperidine rings is 1. The third-order valence-corrected chi connectivity index (χ3v) is 8.87. The highest BCUT2D eigenvalue weighted by Crippen LogP contribution is 2.38. The van der Waals surface area contributed by atoms with E-state index in [1.165, 1.54) is 30.4 Å². The number of carbonyl (C=O) groups excluding carboxylic acids is 1. The van der Waals surface area contributed by atoms with Crippen molar-refractivity contribution in [2.24, 2.45) is 5.92 Å². The number of hydrogen-bond donors (Lipinski definition) is 0. The summed E-state index contributed by atoms with van der Waals surface area (Å²) in [7, 11) is 0. The predicted molar refractivity (Wildman–Crippen MR) is 137 cm³/mol. The predicted octanol–water partition coefficient (Wildman–Crippen LogP) is 7.10. The molecule has 0 N–H and O–H groups in total. The van der Waals surface area contributed by atoms with Crippen molar-refractivity contribution in [3.05, 3.63) is 63.6 Å². The van der Waals surface area contributed by atoms with E-state index in [4.69, 9.17) is 23.2 Å². The van der Waals surface area contributed by atoms with E-state index < -0.39 is 0 Å². The van der Waals surface area contributed by atoms with Gasteiger partial charge in [0.05, 0.1) is 10.0 Å². The number of rotatable bonds is 4. The van der Waals surface area contributed by atoms with Crippen LogP contribution in [0, 0.1) is 5.92 Å². The first-order valence-electron chi connectivity index (χ1n) is 12.7. The Kier molecular flexibility index (Phi) is 7.30. The first-order valence-corrected chi connectivity index (χ1v) is 13.4. The van der Waals surface area contributed by atoms with Gasteiger partial charge >= 0.3 is 0 Å². The highest BCUT2D eigenvalue weighted by atomic mass is 35.5. The number of nitrogens with zero attached hydrogens (tertiary/aromatic N) is 2. The minimum absolute atomic E-state index is 0.197. The van der Waals surface area contributed by atoms with E-state index >= 15 is 0 Å². The van der Waals surface area contributed by atoms with E-state index in [2.05, 4.69) is 40.1 Å². The molecule has 2 aromatic rings. The first-order chi connectivity index (χ1) is 16.1. The van der Waals surface area contributed by atoms with Crippen LogP contribution in [0.25, 0.3) is 0 Å². The standard InChI is InChI=1S/C28H34Cl2N2O/c29-25-11-6-10-24(27(25)30)20-15-17-31(18-16-20)19-23-14-13-21-7-4-5-12-26(21)32(23)28(33)22-8-2-1-3-9-22/h4-7,10-12,20,22-23H,1-3,8-9,13-19H2. The molecule has 3 aliphatic rings. The molecule has 1 amide bonds. The monoisotopic (exact) mass is 484 g/mol. The van der Waals surface area contributed by atoms with Gasteiger partial charge in [-0.15, -0.1) is 0 Å². The van der Waals surface area contributed by atoms with Crippen molar-refractivity contribution in [1.29, 1.82) is 0 Å². The van der Waals surface area contributed by atoms with Gasteiger partial charge in [0, 0.05) is 24.2 Å². The molecule has 1 unspecified atom stereocenters. The molecule has 33 heavy (non-hydrogen) atoms. The van der Waals surface area contributed by atoms with Gasteiger partial charge in [0.15, 0.2) is 0 Å². The molecule has 2 aliphatic heterocycles. The lowest BCUT2D eigenvalue weighted by molar-refractivity contribution is -0.124. The van der Waals surface area contributed by atoms with Gasteiger partial charge in [-0.25, -0.2) is 0 Å². The van der Waals surface area contributed by atoms with Gasteiger partial charge in [-0.2, -0.15) is 0 Å². The van der Waals surface area contributed by atoms with E-state index in [9.17, 15) is 4.79 Å². The zero-order valence-electron chi connectivity index (χ0n) is 19.3. The maximum atomic E-state index is 13.8. The second-order valence-electron chi connectivity index (χ2n) is 10.1. The topological polar surface area (TPSA) is 23.6 Å². The summed E-state index contributed by atoms with van der Waals surface area (Å²) in [5.41, 5.74) is 3.67. The minimum atomic E-state index is 0.197. The summed E-state index contributed by atoms with van der Waals surface area (Å²) in [6, 6.07) is 14.8. The van der Waals surface area contributed by atoms with Crippen molar-refractivity contribution < 1.29 is 4.79 Å². The number of benzene rings is 2. The van der Waals surface area contributed by atoms with Crippen LogP contribution in [0.2, 0.25) is 10.0 Å². The molecule has 0 bridgehead atoms. The molecule has 0 radical (unpaired) electrons. The highest BCUT2D eigenvalue weighted by Gasteiger charge is 2.36. The van der Waals surface area contributed by atoms with Crippen molar-refractivity contribution in [2.75, 3.05) is 24.5 Å². The van der Waals surface area contributed by atoms with Crippen molar-refractivity contribution in [1.82, 2.24) is 4.90 Å². The maximum Gasteiger partial charge on any atom is 0.230 e. The van der Waals surface area contributed by atoms with Crippen LogP contribution in [-0.4, -0.2) is 36.5 Å². The summed E-state index contributed by atoms with van der Waals surface area (Å²) in [4.78, 5) is 18.5. The van der Waals surface area contributed by atoms with Gasteiger partial charge in [0.1, 0.15) is 0 Å². The van der Waals surface area contributed by atoms with Crippen LogP contribution in [0.1, 0.15) is 68.4 Å². The molecule has 1 saturated carbocycles. The molecule has 2 fully saturated rings. The Hall–Kier alpha value is -1.55. The smallest absolute Gasteiger partial charge is 0.230 e. The van der Waals surface area contributed by atoms with E-state index in [0.29, 0.717) is 21.9 Å². The summed E-state index contributed by atoms with van der Waals surface area (Å²) in [6.07, 6.45) is 10.0. The number of para-hydroxylation sites is 1. The zero-order chi connectivity index (χ0) is 22.8. The van der Waals surface area contributed by atoms with Crippen molar-refractivity contribution in [3.8, 4) is 0 Å². The zero-order valence-corrected chi connectivity index (χ0v) is 20.8. The molecule has 1 saturated heterocycles. The summed E-state index contributed by atoms with van der Waals surface area (Å²) in [5, 5.41) is 1.36. The van der Waals surface area contributed by atoms with Gasteiger partial charge in [-0.05, 0) is 80.8 Å². The number of hydrogen-bond acceptors (Lipinski definition) is 2. The largest absolute Gasteiger partial charge is 0.308 e. The molecule has 176 valence electrons.